The van der Waals surface area contributed by atoms with Gasteiger partial charge in [0.25, 0.3) is 0 Å². The molecule has 2 rings (SSSR count). The standard InChI is InChI=1S/C14H15ClN2O2S/c1-19-12-4-2-3-11(15)10(12)7-13(18)17-14(8-16)5-6-20-9-14/h2-4H,5-7,9H2,1H3,(H,17,18). The van der Waals surface area contributed by atoms with Crippen LogP contribution in [-0.2, 0) is 11.2 Å². The summed E-state index contributed by atoms with van der Waals surface area (Å²) < 4.78 is 5.21. The Morgan fingerprint density at radius 1 is 1.65 bits per heavy atom. The van der Waals surface area contributed by atoms with Crippen molar-refractivity contribution in [2.24, 2.45) is 0 Å². The number of carbonyl (C=O) groups is 1. The van der Waals surface area contributed by atoms with Crippen LogP contribution in [0.5, 0.6) is 5.75 Å². The minimum absolute atomic E-state index is 0.108. The van der Waals surface area contributed by atoms with Gasteiger partial charge >= 0.3 is 0 Å². The topological polar surface area (TPSA) is 62.1 Å². The lowest BCUT2D eigenvalue weighted by Crippen LogP contribution is -2.48. The molecule has 1 unspecified atom stereocenters. The van der Waals surface area contributed by atoms with Crippen molar-refractivity contribution in [2.75, 3.05) is 18.6 Å². The van der Waals surface area contributed by atoms with E-state index in [1.165, 1.54) is 7.11 Å². The predicted molar refractivity (Wildman–Crippen MR) is 80.1 cm³/mol. The Bertz CT molecular complexity index is 551. The zero-order chi connectivity index (χ0) is 14.6. The van der Waals surface area contributed by atoms with Gasteiger partial charge in [-0.3, -0.25) is 4.79 Å². The van der Waals surface area contributed by atoms with E-state index in [9.17, 15) is 10.1 Å². The number of thioether (sulfide) groups is 1. The highest BCUT2D eigenvalue weighted by molar-refractivity contribution is 7.99. The van der Waals surface area contributed by atoms with Gasteiger partial charge in [-0.2, -0.15) is 17.0 Å². The van der Waals surface area contributed by atoms with Gasteiger partial charge < -0.3 is 10.1 Å². The van der Waals surface area contributed by atoms with Crippen molar-refractivity contribution in [3.8, 4) is 11.8 Å². The summed E-state index contributed by atoms with van der Waals surface area (Å²) in [5.41, 5.74) is -0.0936. The molecule has 0 bridgehead atoms. The predicted octanol–water partition coefficient (Wildman–Crippen LogP) is 2.41. The first-order valence-electron chi connectivity index (χ1n) is 6.21. The zero-order valence-electron chi connectivity index (χ0n) is 11.1. The van der Waals surface area contributed by atoms with Gasteiger partial charge in [0, 0.05) is 16.3 Å². The molecule has 1 N–H and O–H groups in total. The van der Waals surface area contributed by atoms with E-state index in [1.807, 2.05) is 0 Å². The minimum atomic E-state index is -0.740. The normalized spacial score (nSPS) is 21.2. The Morgan fingerprint density at radius 3 is 3.05 bits per heavy atom. The van der Waals surface area contributed by atoms with Crippen LogP contribution in [0, 0.1) is 11.3 Å². The number of nitriles is 1. The molecule has 1 aliphatic heterocycles. The van der Waals surface area contributed by atoms with Crippen molar-refractivity contribution >= 4 is 29.3 Å². The van der Waals surface area contributed by atoms with Crippen LogP contribution >= 0.6 is 23.4 Å². The molecular weight excluding hydrogens is 296 g/mol. The second-order valence-electron chi connectivity index (χ2n) is 4.64. The van der Waals surface area contributed by atoms with E-state index < -0.39 is 5.54 Å². The molecule has 6 heteroatoms. The fourth-order valence-electron chi connectivity index (χ4n) is 2.15. The number of nitrogens with zero attached hydrogens (tertiary/aromatic N) is 1. The Kier molecular flexibility index (Phi) is 4.79. The lowest BCUT2D eigenvalue weighted by atomic mass is 10.0. The van der Waals surface area contributed by atoms with Gasteiger partial charge in [0.15, 0.2) is 0 Å². The SMILES string of the molecule is COc1cccc(Cl)c1CC(=O)NC1(C#N)CCSC1. The lowest BCUT2D eigenvalue weighted by Gasteiger charge is -2.21. The monoisotopic (exact) mass is 310 g/mol. The van der Waals surface area contributed by atoms with E-state index in [0.717, 1.165) is 5.75 Å². The van der Waals surface area contributed by atoms with Gasteiger partial charge in [0.05, 0.1) is 19.6 Å². The molecule has 1 aromatic carbocycles. The maximum Gasteiger partial charge on any atom is 0.225 e. The second-order valence-corrected chi connectivity index (χ2v) is 6.15. The van der Waals surface area contributed by atoms with Crippen molar-refractivity contribution in [3.05, 3.63) is 28.8 Å². The number of hydrogen-bond donors (Lipinski definition) is 1. The molecule has 20 heavy (non-hydrogen) atoms. The van der Waals surface area contributed by atoms with Gasteiger partial charge in [0.2, 0.25) is 5.91 Å². The molecule has 1 heterocycles. The van der Waals surface area contributed by atoms with Crippen LogP contribution in [0.2, 0.25) is 5.02 Å². The van der Waals surface area contributed by atoms with Crippen molar-refractivity contribution < 1.29 is 9.53 Å². The van der Waals surface area contributed by atoms with Crippen molar-refractivity contribution in [1.82, 2.24) is 5.32 Å². The number of methoxy groups -OCH3 is 1. The summed E-state index contributed by atoms with van der Waals surface area (Å²) in [6, 6.07) is 7.48. The summed E-state index contributed by atoms with van der Waals surface area (Å²) in [5.74, 6) is 1.90. The Labute approximate surface area is 127 Å². The van der Waals surface area contributed by atoms with Crippen molar-refractivity contribution in [3.63, 3.8) is 0 Å². The van der Waals surface area contributed by atoms with Crippen molar-refractivity contribution in [1.29, 1.82) is 5.26 Å². The highest BCUT2D eigenvalue weighted by Crippen LogP contribution is 2.29. The first-order chi connectivity index (χ1) is 9.60. The van der Waals surface area contributed by atoms with Gasteiger partial charge in [-0.15, -0.1) is 0 Å². The van der Waals surface area contributed by atoms with Crippen LogP contribution in [0.3, 0.4) is 0 Å². The Hall–Kier alpha value is -1.38. The molecule has 106 valence electrons. The van der Waals surface area contributed by atoms with Crippen LogP contribution in [0.25, 0.3) is 0 Å². The van der Waals surface area contributed by atoms with E-state index in [0.29, 0.717) is 28.5 Å². The molecule has 0 radical (unpaired) electrons. The molecule has 0 aromatic heterocycles. The molecule has 0 saturated carbocycles. The average Bonchev–Trinajstić information content (AvgIpc) is 2.90. The van der Waals surface area contributed by atoms with Gasteiger partial charge in [0.1, 0.15) is 11.3 Å². The highest BCUT2D eigenvalue weighted by Gasteiger charge is 2.36. The molecule has 1 aliphatic rings. The molecule has 1 amide bonds. The van der Waals surface area contributed by atoms with Crippen LogP contribution in [0.4, 0.5) is 0 Å². The van der Waals surface area contributed by atoms with E-state index in [4.69, 9.17) is 16.3 Å². The molecule has 0 aliphatic carbocycles. The Balaban J connectivity index is 2.11. The number of benzene rings is 1. The number of carbonyl (C=O) groups excluding carboxylic acids is 1. The summed E-state index contributed by atoms with van der Waals surface area (Å²) in [4.78, 5) is 12.2. The third kappa shape index (κ3) is 3.20. The first-order valence-corrected chi connectivity index (χ1v) is 7.75. The van der Waals surface area contributed by atoms with E-state index in [-0.39, 0.29) is 12.3 Å². The highest BCUT2D eigenvalue weighted by atomic mass is 35.5. The van der Waals surface area contributed by atoms with Crippen LogP contribution in [0.1, 0.15) is 12.0 Å². The molecule has 1 aromatic rings. The zero-order valence-corrected chi connectivity index (χ0v) is 12.7. The van der Waals surface area contributed by atoms with E-state index in [2.05, 4.69) is 11.4 Å². The molecule has 1 fully saturated rings. The summed E-state index contributed by atoms with van der Waals surface area (Å²) in [5, 5.41) is 12.6. The largest absolute Gasteiger partial charge is 0.496 e. The number of ether oxygens (including phenoxy) is 1. The average molecular weight is 311 g/mol. The summed E-state index contributed by atoms with van der Waals surface area (Å²) in [6.07, 6.45) is 0.788. The number of amides is 1. The minimum Gasteiger partial charge on any atom is -0.496 e. The van der Waals surface area contributed by atoms with Gasteiger partial charge in [-0.05, 0) is 24.3 Å². The van der Waals surface area contributed by atoms with Crippen LogP contribution < -0.4 is 10.1 Å². The van der Waals surface area contributed by atoms with Gasteiger partial charge in [-0.1, -0.05) is 17.7 Å². The molecule has 1 atom stereocenters. The molecule has 1 saturated heterocycles. The van der Waals surface area contributed by atoms with E-state index >= 15 is 0 Å². The van der Waals surface area contributed by atoms with Crippen molar-refractivity contribution in [2.45, 2.75) is 18.4 Å². The van der Waals surface area contributed by atoms with Gasteiger partial charge in [-0.25, -0.2) is 0 Å². The maximum atomic E-state index is 12.2. The Morgan fingerprint density at radius 2 is 2.45 bits per heavy atom. The lowest BCUT2D eigenvalue weighted by molar-refractivity contribution is -0.121. The number of nitrogens with one attached hydrogen (secondary N) is 1. The third-order valence-corrected chi connectivity index (χ3v) is 4.79. The molecule has 0 spiro atoms. The smallest absolute Gasteiger partial charge is 0.225 e. The molecular formula is C14H15ClN2O2S. The summed E-state index contributed by atoms with van der Waals surface area (Å²) in [6.45, 7) is 0. The third-order valence-electron chi connectivity index (χ3n) is 3.25. The first kappa shape index (κ1) is 15.0. The number of rotatable bonds is 4. The van der Waals surface area contributed by atoms with Crippen LogP contribution in [0.15, 0.2) is 18.2 Å². The summed E-state index contributed by atoms with van der Waals surface area (Å²) >= 11 is 7.79. The van der Waals surface area contributed by atoms with Crippen LogP contribution in [-0.4, -0.2) is 30.1 Å². The maximum absolute atomic E-state index is 12.2. The fraction of sp³-hybridized carbons (Fsp3) is 0.429. The number of hydrogen-bond acceptors (Lipinski definition) is 4. The number of halogens is 1. The quantitative estimate of drug-likeness (QED) is 0.927. The summed E-state index contributed by atoms with van der Waals surface area (Å²) in [7, 11) is 1.54. The fourth-order valence-corrected chi connectivity index (χ4v) is 3.65. The second kappa shape index (κ2) is 6.38. The molecule has 4 nitrogen and oxygen atoms in total. The van der Waals surface area contributed by atoms with E-state index in [1.54, 1.807) is 30.0 Å².